The zero-order valence-electron chi connectivity index (χ0n) is 12.8. The van der Waals surface area contributed by atoms with Crippen LogP contribution in [0.15, 0.2) is 35.2 Å². The van der Waals surface area contributed by atoms with Crippen LogP contribution in [-0.2, 0) is 23.0 Å². The van der Waals surface area contributed by atoms with E-state index >= 15 is 0 Å². The van der Waals surface area contributed by atoms with Gasteiger partial charge in [0.25, 0.3) is 0 Å². The molecule has 0 atom stereocenters. The zero-order valence-corrected chi connectivity index (χ0v) is 16.8. The van der Waals surface area contributed by atoms with Gasteiger partial charge in [-0.15, -0.1) is 0 Å². The van der Waals surface area contributed by atoms with Crippen molar-refractivity contribution in [3.8, 4) is 0 Å². The van der Waals surface area contributed by atoms with Crippen molar-refractivity contribution >= 4 is 20.9 Å². The summed E-state index contributed by atoms with van der Waals surface area (Å²) in [7, 11) is -4.42. The Morgan fingerprint density at radius 2 is 1.62 bits per heavy atom. The topological polar surface area (TPSA) is 57.2 Å². The van der Waals surface area contributed by atoms with Crippen LogP contribution in [0, 0.1) is 0 Å². The molecule has 0 radical (unpaired) electrons. The molecule has 0 spiro atoms. The molecule has 0 amide bonds. The third-order valence-corrected chi connectivity index (χ3v) is 4.33. The van der Waals surface area contributed by atoms with Crippen molar-refractivity contribution < 1.29 is 64.4 Å². The van der Waals surface area contributed by atoms with E-state index in [2.05, 4.69) is 13.0 Å². The molecule has 0 saturated carbocycles. The molecule has 21 heavy (non-hydrogen) atoms. The van der Waals surface area contributed by atoms with E-state index in [1.54, 1.807) is 0 Å². The van der Waals surface area contributed by atoms with Gasteiger partial charge in [0.2, 0.25) is 0 Å². The first-order valence-electron chi connectivity index (χ1n) is 6.97. The monoisotopic (exact) mass is 330 g/mol. The average molecular weight is 330 g/mol. The molecule has 0 bridgehead atoms. The molecule has 0 saturated heterocycles. The van der Waals surface area contributed by atoms with Crippen LogP contribution < -0.4 is 51.4 Å². The van der Waals surface area contributed by atoms with Crippen LogP contribution in [-0.4, -0.2) is 13.0 Å². The average Bonchev–Trinajstić information content (AvgIpc) is 2.38. The first kappa shape index (κ1) is 19.3. The Morgan fingerprint density at radius 3 is 2.19 bits per heavy atom. The molecule has 2 aromatic rings. The Hall–Kier alpha value is 0.246. The number of aryl methyl sites for hydroxylation is 2. The van der Waals surface area contributed by atoms with Crippen molar-refractivity contribution in [2.24, 2.45) is 0 Å². The second-order valence-corrected chi connectivity index (χ2v) is 6.44. The summed E-state index contributed by atoms with van der Waals surface area (Å²) < 4.78 is 34.3. The molecule has 0 aliphatic rings. The summed E-state index contributed by atoms with van der Waals surface area (Å²) in [4.78, 5) is -0.0690. The Bertz CT molecular complexity index is 724. The van der Waals surface area contributed by atoms with Crippen molar-refractivity contribution in [1.29, 1.82) is 0 Å². The fourth-order valence-electron chi connectivity index (χ4n) is 2.52. The largest absolute Gasteiger partial charge is 1.00 e. The van der Waals surface area contributed by atoms with Gasteiger partial charge in [-0.3, -0.25) is 0 Å². The third kappa shape index (κ3) is 4.86. The Morgan fingerprint density at radius 1 is 0.952 bits per heavy atom. The van der Waals surface area contributed by atoms with Gasteiger partial charge in [0.1, 0.15) is 10.1 Å². The van der Waals surface area contributed by atoms with Gasteiger partial charge < -0.3 is 4.55 Å². The molecule has 0 unspecified atom stereocenters. The van der Waals surface area contributed by atoms with Crippen LogP contribution in [0.3, 0.4) is 0 Å². The summed E-state index contributed by atoms with van der Waals surface area (Å²) in [5, 5.41) is 1.81. The van der Waals surface area contributed by atoms with Crippen LogP contribution in [0.1, 0.15) is 37.8 Å². The van der Waals surface area contributed by atoms with E-state index < -0.39 is 10.1 Å². The first-order valence-corrected chi connectivity index (χ1v) is 8.38. The maximum absolute atomic E-state index is 11.4. The van der Waals surface area contributed by atoms with Gasteiger partial charge in [0.05, 0.1) is 4.90 Å². The van der Waals surface area contributed by atoms with E-state index in [1.165, 1.54) is 6.07 Å². The summed E-state index contributed by atoms with van der Waals surface area (Å²) in [6, 6.07) is 9.40. The van der Waals surface area contributed by atoms with Crippen LogP contribution in [0.2, 0.25) is 0 Å². The molecule has 0 heterocycles. The van der Waals surface area contributed by atoms with Gasteiger partial charge in [-0.2, -0.15) is 0 Å². The van der Waals surface area contributed by atoms with Gasteiger partial charge in [0.15, 0.2) is 0 Å². The predicted octanol–water partition coefficient (Wildman–Crippen LogP) is 0.653. The third-order valence-electron chi connectivity index (χ3n) is 3.41. The van der Waals surface area contributed by atoms with Gasteiger partial charge in [-0.05, 0) is 46.9 Å². The first-order chi connectivity index (χ1) is 9.45. The second kappa shape index (κ2) is 8.20. The van der Waals surface area contributed by atoms with Gasteiger partial charge in [-0.25, -0.2) is 8.42 Å². The molecule has 3 nitrogen and oxygen atoms in total. The number of hydrogen-bond donors (Lipinski definition) is 0. The number of hydrogen-bond acceptors (Lipinski definition) is 3. The molecule has 0 fully saturated rings. The van der Waals surface area contributed by atoms with E-state index in [1.807, 2.05) is 25.1 Å². The van der Waals surface area contributed by atoms with Crippen LogP contribution in [0.25, 0.3) is 10.8 Å². The molecule has 0 aliphatic carbocycles. The molecule has 2 aromatic carbocycles. The fraction of sp³-hybridized carbons (Fsp3) is 0.375. The summed E-state index contributed by atoms with van der Waals surface area (Å²) in [6.45, 7) is 4.07. The Labute approximate surface area is 169 Å². The van der Waals surface area contributed by atoms with Gasteiger partial charge >= 0.3 is 51.4 Å². The van der Waals surface area contributed by atoms with E-state index in [4.69, 9.17) is 0 Å². The fourth-order valence-corrected chi connectivity index (χ4v) is 3.27. The van der Waals surface area contributed by atoms with E-state index in [9.17, 15) is 13.0 Å². The van der Waals surface area contributed by atoms with Crippen molar-refractivity contribution in [3.05, 3.63) is 41.5 Å². The SMILES string of the molecule is CCCc1ccc2cc(CCC)c(S(=O)(=O)[O-])cc2c1.[K+]. The maximum atomic E-state index is 11.4. The van der Waals surface area contributed by atoms with E-state index in [0.717, 1.165) is 35.6 Å². The smallest absolute Gasteiger partial charge is 0.744 e. The second-order valence-electron chi connectivity index (χ2n) is 5.10. The van der Waals surface area contributed by atoms with Crippen molar-refractivity contribution in [2.75, 3.05) is 0 Å². The molecule has 108 valence electrons. The van der Waals surface area contributed by atoms with Crippen LogP contribution in [0.5, 0.6) is 0 Å². The zero-order chi connectivity index (χ0) is 14.8. The number of rotatable bonds is 5. The molecule has 5 heteroatoms. The minimum absolute atomic E-state index is 0. The molecule has 2 rings (SSSR count). The number of benzene rings is 2. The molecular weight excluding hydrogens is 311 g/mol. The van der Waals surface area contributed by atoms with Crippen molar-refractivity contribution in [1.82, 2.24) is 0 Å². The molecule has 0 aromatic heterocycles. The molecule has 0 N–H and O–H groups in total. The Kier molecular flexibility index (Phi) is 7.53. The Balaban J connectivity index is 0.00000220. The van der Waals surface area contributed by atoms with Crippen molar-refractivity contribution in [3.63, 3.8) is 0 Å². The molecular formula is C16H19KO3S. The summed E-state index contributed by atoms with van der Waals surface area (Å²) in [6.07, 6.45) is 3.39. The van der Waals surface area contributed by atoms with E-state index in [0.29, 0.717) is 12.0 Å². The summed E-state index contributed by atoms with van der Waals surface area (Å²) in [5.74, 6) is 0. The molecule has 0 aliphatic heterocycles. The maximum Gasteiger partial charge on any atom is 1.00 e. The minimum atomic E-state index is -4.42. The standard InChI is InChI=1S/C16H20O3S.K/c1-3-5-12-7-8-13-10-14(6-4-2)16(20(17,18)19)11-15(13)9-12;/h7-11H,3-6H2,1-2H3,(H,17,18,19);/q;+1/p-1. The summed E-state index contributed by atoms with van der Waals surface area (Å²) >= 11 is 0. The normalized spacial score (nSPS) is 11.4. The number of fused-ring (bicyclic) bond motifs is 1. The van der Waals surface area contributed by atoms with Gasteiger partial charge in [-0.1, -0.05) is 44.9 Å². The van der Waals surface area contributed by atoms with Crippen LogP contribution >= 0.6 is 0 Å². The van der Waals surface area contributed by atoms with E-state index in [-0.39, 0.29) is 56.3 Å². The van der Waals surface area contributed by atoms with Gasteiger partial charge in [0, 0.05) is 0 Å². The predicted molar refractivity (Wildman–Crippen MR) is 79.9 cm³/mol. The minimum Gasteiger partial charge on any atom is -0.744 e. The summed E-state index contributed by atoms with van der Waals surface area (Å²) in [5.41, 5.74) is 1.79. The van der Waals surface area contributed by atoms with Crippen molar-refractivity contribution in [2.45, 2.75) is 44.4 Å². The van der Waals surface area contributed by atoms with Crippen LogP contribution in [0.4, 0.5) is 0 Å². The quantitative estimate of drug-likeness (QED) is 0.597.